The molecule has 2 rings (SSSR count). The topological polar surface area (TPSA) is 58.1 Å². The maximum Gasteiger partial charge on any atom is 0.221 e. The number of halogens is 1. The van der Waals surface area contributed by atoms with Crippen molar-refractivity contribution in [1.82, 2.24) is 15.3 Å². The normalized spacial score (nSPS) is 17.1. The molecule has 1 aliphatic heterocycles. The SMILES string of the molecule is O=C1CCN(c2cc(F)ncn2)CCN1. The van der Waals surface area contributed by atoms with Gasteiger partial charge in [0.1, 0.15) is 12.1 Å². The predicted octanol–water partition coefficient (Wildman–Crippen LogP) is -0.0580. The van der Waals surface area contributed by atoms with E-state index in [1.165, 1.54) is 12.4 Å². The molecule has 0 aliphatic carbocycles. The minimum atomic E-state index is -0.552. The van der Waals surface area contributed by atoms with Gasteiger partial charge in [0.25, 0.3) is 0 Å². The quantitative estimate of drug-likeness (QED) is 0.660. The van der Waals surface area contributed by atoms with Crippen LogP contribution < -0.4 is 10.2 Å². The molecular formula is C9H11FN4O. The van der Waals surface area contributed by atoms with Crippen molar-refractivity contribution in [3.63, 3.8) is 0 Å². The number of amides is 1. The minimum Gasteiger partial charge on any atom is -0.354 e. The second-order valence-electron chi connectivity index (χ2n) is 3.29. The van der Waals surface area contributed by atoms with Crippen LogP contribution in [0.15, 0.2) is 12.4 Å². The standard InChI is InChI=1S/C9H11FN4O/c10-7-5-8(13-6-12-7)14-3-1-9(15)11-2-4-14/h5-6H,1-4H2,(H,11,15). The van der Waals surface area contributed by atoms with Gasteiger partial charge < -0.3 is 10.2 Å². The van der Waals surface area contributed by atoms with Crippen LogP contribution in [0.4, 0.5) is 10.2 Å². The molecule has 1 aromatic rings. The number of rotatable bonds is 1. The first-order valence-electron chi connectivity index (χ1n) is 4.75. The van der Waals surface area contributed by atoms with E-state index in [-0.39, 0.29) is 5.91 Å². The molecule has 1 aromatic heterocycles. The van der Waals surface area contributed by atoms with Crippen molar-refractivity contribution in [2.45, 2.75) is 6.42 Å². The maximum atomic E-state index is 12.8. The zero-order valence-corrected chi connectivity index (χ0v) is 8.11. The molecule has 5 nitrogen and oxygen atoms in total. The van der Waals surface area contributed by atoms with E-state index in [0.717, 1.165) is 0 Å². The Labute approximate surface area is 86.3 Å². The fourth-order valence-electron chi connectivity index (χ4n) is 1.49. The van der Waals surface area contributed by atoms with Gasteiger partial charge in [-0.1, -0.05) is 0 Å². The molecule has 0 atom stereocenters. The molecule has 0 saturated carbocycles. The lowest BCUT2D eigenvalue weighted by molar-refractivity contribution is -0.120. The average molecular weight is 210 g/mol. The van der Waals surface area contributed by atoms with Gasteiger partial charge in [0.2, 0.25) is 11.9 Å². The fraction of sp³-hybridized carbons (Fsp3) is 0.444. The number of carbonyl (C=O) groups is 1. The molecule has 0 unspecified atom stereocenters. The van der Waals surface area contributed by atoms with E-state index in [9.17, 15) is 9.18 Å². The van der Waals surface area contributed by atoms with E-state index in [4.69, 9.17) is 0 Å². The molecular weight excluding hydrogens is 199 g/mol. The molecule has 2 heterocycles. The molecule has 80 valence electrons. The van der Waals surface area contributed by atoms with Gasteiger partial charge in [0.15, 0.2) is 0 Å². The monoisotopic (exact) mass is 210 g/mol. The lowest BCUT2D eigenvalue weighted by Gasteiger charge is -2.19. The molecule has 1 N–H and O–H groups in total. The van der Waals surface area contributed by atoms with Gasteiger partial charge in [-0.25, -0.2) is 9.97 Å². The van der Waals surface area contributed by atoms with Crippen LogP contribution in [0.5, 0.6) is 0 Å². The van der Waals surface area contributed by atoms with Crippen LogP contribution in [0.1, 0.15) is 6.42 Å². The summed E-state index contributed by atoms with van der Waals surface area (Å²) in [6.07, 6.45) is 1.59. The third kappa shape index (κ3) is 2.39. The molecule has 0 radical (unpaired) electrons. The second kappa shape index (κ2) is 4.20. The van der Waals surface area contributed by atoms with Crippen LogP contribution in [-0.4, -0.2) is 35.5 Å². The van der Waals surface area contributed by atoms with Crippen LogP contribution in [0, 0.1) is 5.95 Å². The summed E-state index contributed by atoms with van der Waals surface area (Å²) in [6.45, 7) is 1.76. The van der Waals surface area contributed by atoms with Gasteiger partial charge in [-0.2, -0.15) is 4.39 Å². The Bertz CT molecular complexity index is 371. The number of nitrogens with zero attached hydrogens (tertiary/aromatic N) is 3. The summed E-state index contributed by atoms with van der Waals surface area (Å²) in [5.74, 6) is -0.00504. The highest BCUT2D eigenvalue weighted by atomic mass is 19.1. The summed E-state index contributed by atoms with van der Waals surface area (Å²) in [5.41, 5.74) is 0. The summed E-state index contributed by atoms with van der Waals surface area (Å²) < 4.78 is 12.8. The van der Waals surface area contributed by atoms with E-state index in [2.05, 4.69) is 15.3 Å². The van der Waals surface area contributed by atoms with Crippen LogP contribution in [0.2, 0.25) is 0 Å². The average Bonchev–Trinajstić information content (AvgIpc) is 2.43. The van der Waals surface area contributed by atoms with E-state index in [0.29, 0.717) is 31.9 Å². The van der Waals surface area contributed by atoms with Crippen LogP contribution in [0.25, 0.3) is 0 Å². The summed E-state index contributed by atoms with van der Waals surface area (Å²) >= 11 is 0. The molecule has 6 heteroatoms. The highest BCUT2D eigenvalue weighted by Crippen LogP contribution is 2.11. The number of anilines is 1. The van der Waals surface area contributed by atoms with Crippen molar-refractivity contribution in [1.29, 1.82) is 0 Å². The Hall–Kier alpha value is -1.72. The summed E-state index contributed by atoms with van der Waals surface area (Å²) in [4.78, 5) is 20.3. The Morgan fingerprint density at radius 2 is 2.27 bits per heavy atom. The predicted molar refractivity (Wildman–Crippen MR) is 51.8 cm³/mol. The first-order chi connectivity index (χ1) is 7.25. The summed E-state index contributed by atoms with van der Waals surface area (Å²) in [6, 6.07) is 1.27. The Morgan fingerprint density at radius 1 is 1.40 bits per heavy atom. The van der Waals surface area contributed by atoms with Crippen molar-refractivity contribution in [2.24, 2.45) is 0 Å². The Morgan fingerprint density at radius 3 is 3.07 bits per heavy atom. The first-order valence-corrected chi connectivity index (χ1v) is 4.75. The molecule has 0 aromatic carbocycles. The maximum absolute atomic E-state index is 12.8. The third-order valence-corrected chi connectivity index (χ3v) is 2.26. The third-order valence-electron chi connectivity index (χ3n) is 2.26. The molecule has 0 spiro atoms. The van der Waals surface area contributed by atoms with Crippen molar-refractivity contribution in [2.75, 3.05) is 24.5 Å². The molecule has 0 bridgehead atoms. The Balaban J connectivity index is 2.13. The molecule has 1 amide bonds. The van der Waals surface area contributed by atoms with E-state index >= 15 is 0 Å². The van der Waals surface area contributed by atoms with Crippen molar-refractivity contribution in [3.05, 3.63) is 18.3 Å². The molecule has 15 heavy (non-hydrogen) atoms. The first kappa shape index (κ1) is 9.82. The molecule has 1 fully saturated rings. The number of hydrogen-bond donors (Lipinski definition) is 1. The minimum absolute atomic E-state index is 0.0204. The Kier molecular flexibility index (Phi) is 2.75. The number of carbonyl (C=O) groups excluding carboxylic acids is 1. The second-order valence-corrected chi connectivity index (χ2v) is 3.29. The molecule has 1 aliphatic rings. The van der Waals surface area contributed by atoms with Gasteiger partial charge in [-0.15, -0.1) is 0 Å². The largest absolute Gasteiger partial charge is 0.354 e. The van der Waals surface area contributed by atoms with Crippen LogP contribution in [0.3, 0.4) is 0 Å². The van der Waals surface area contributed by atoms with E-state index in [1.54, 1.807) is 0 Å². The van der Waals surface area contributed by atoms with Gasteiger partial charge in [0, 0.05) is 32.1 Å². The van der Waals surface area contributed by atoms with Crippen LogP contribution >= 0.6 is 0 Å². The number of hydrogen-bond acceptors (Lipinski definition) is 4. The summed E-state index contributed by atoms with van der Waals surface area (Å²) in [5, 5.41) is 2.74. The smallest absolute Gasteiger partial charge is 0.221 e. The number of aromatic nitrogens is 2. The zero-order chi connectivity index (χ0) is 10.7. The van der Waals surface area contributed by atoms with Gasteiger partial charge in [0.05, 0.1) is 0 Å². The highest BCUT2D eigenvalue weighted by molar-refractivity contribution is 5.77. The summed E-state index contributed by atoms with van der Waals surface area (Å²) in [7, 11) is 0. The van der Waals surface area contributed by atoms with Gasteiger partial charge in [-0.3, -0.25) is 4.79 Å². The number of nitrogens with one attached hydrogen (secondary N) is 1. The van der Waals surface area contributed by atoms with Gasteiger partial charge >= 0.3 is 0 Å². The lowest BCUT2D eigenvalue weighted by Crippen LogP contribution is -2.29. The van der Waals surface area contributed by atoms with Gasteiger partial charge in [-0.05, 0) is 0 Å². The van der Waals surface area contributed by atoms with E-state index in [1.807, 2.05) is 4.90 Å². The van der Waals surface area contributed by atoms with Crippen molar-refractivity contribution < 1.29 is 9.18 Å². The lowest BCUT2D eigenvalue weighted by atomic mass is 10.3. The van der Waals surface area contributed by atoms with Crippen molar-refractivity contribution in [3.8, 4) is 0 Å². The molecule has 1 saturated heterocycles. The van der Waals surface area contributed by atoms with Crippen molar-refractivity contribution >= 4 is 11.7 Å². The fourth-order valence-corrected chi connectivity index (χ4v) is 1.49. The zero-order valence-electron chi connectivity index (χ0n) is 8.11. The van der Waals surface area contributed by atoms with E-state index < -0.39 is 5.95 Å². The van der Waals surface area contributed by atoms with Crippen LogP contribution in [-0.2, 0) is 4.79 Å². The highest BCUT2D eigenvalue weighted by Gasteiger charge is 2.14.